The molecule has 2 atom stereocenters. The summed E-state index contributed by atoms with van der Waals surface area (Å²) in [5, 5.41) is 0. The molecule has 140 valence electrons. The second kappa shape index (κ2) is 7.14. The Morgan fingerprint density at radius 3 is 2.48 bits per heavy atom. The topological polar surface area (TPSA) is 40.2 Å². The minimum Gasteiger partial charge on any atom is -0.498 e. The third kappa shape index (κ3) is 3.25. The van der Waals surface area contributed by atoms with Crippen LogP contribution in [0.25, 0.3) is 0 Å². The summed E-state index contributed by atoms with van der Waals surface area (Å²) < 4.78 is 22.7. The monoisotopic (exact) mass is 349 g/mol. The highest BCUT2D eigenvalue weighted by atomic mass is 16.7. The predicted molar refractivity (Wildman–Crippen MR) is 97.0 cm³/mol. The fraction of sp³-hybridized carbons (Fsp3) is 0.700. The molecule has 0 amide bonds. The highest BCUT2D eigenvalue weighted by molar-refractivity contribution is 5.33. The van der Waals surface area contributed by atoms with Crippen LogP contribution in [-0.2, 0) is 18.9 Å². The fourth-order valence-electron chi connectivity index (χ4n) is 4.64. The van der Waals surface area contributed by atoms with Crippen LogP contribution in [-0.4, -0.2) is 57.8 Å². The lowest BCUT2D eigenvalue weighted by Crippen LogP contribution is -2.51. The molecule has 0 aromatic rings. The van der Waals surface area contributed by atoms with E-state index in [4.69, 9.17) is 18.9 Å². The van der Waals surface area contributed by atoms with Gasteiger partial charge >= 0.3 is 0 Å². The molecule has 1 spiro atoms. The van der Waals surface area contributed by atoms with Gasteiger partial charge in [0.05, 0.1) is 27.4 Å². The summed E-state index contributed by atoms with van der Waals surface area (Å²) in [6.45, 7) is 8.84. The smallest absolute Gasteiger partial charge is 0.170 e. The van der Waals surface area contributed by atoms with Crippen LogP contribution in [0, 0.1) is 5.41 Å². The van der Waals surface area contributed by atoms with Crippen LogP contribution in [0.4, 0.5) is 0 Å². The molecule has 3 aliphatic rings. The average molecular weight is 349 g/mol. The van der Waals surface area contributed by atoms with E-state index < -0.39 is 0 Å². The number of hydrogen-bond acceptors (Lipinski definition) is 5. The van der Waals surface area contributed by atoms with Crippen molar-refractivity contribution in [1.82, 2.24) is 4.90 Å². The van der Waals surface area contributed by atoms with E-state index >= 15 is 0 Å². The van der Waals surface area contributed by atoms with Gasteiger partial charge in [-0.15, -0.1) is 0 Å². The van der Waals surface area contributed by atoms with Gasteiger partial charge in [0.15, 0.2) is 11.5 Å². The molecule has 0 N–H and O–H groups in total. The number of likely N-dealkylation sites (tertiary alicyclic amines) is 1. The predicted octanol–water partition coefficient (Wildman–Crippen LogP) is 3.24. The van der Waals surface area contributed by atoms with Crippen molar-refractivity contribution < 1.29 is 18.9 Å². The maximum atomic E-state index is 5.98. The zero-order valence-corrected chi connectivity index (χ0v) is 16.0. The van der Waals surface area contributed by atoms with Crippen molar-refractivity contribution in [2.45, 2.75) is 44.4 Å². The first kappa shape index (κ1) is 18.5. The molecule has 3 fully saturated rings. The Morgan fingerprint density at radius 1 is 1.12 bits per heavy atom. The number of nitrogens with zero attached hydrogens (tertiary/aromatic N) is 1. The Bertz CT molecular complexity index is 576. The summed E-state index contributed by atoms with van der Waals surface area (Å²) in [7, 11) is 5.52. The molecule has 1 saturated carbocycles. The van der Waals surface area contributed by atoms with E-state index in [2.05, 4.69) is 24.6 Å². The van der Waals surface area contributed by atoms with Gasteiger partial charge in [-0.25, -0.2) is 0 Å². The molecule has 3 rings (SSSR count). The third-order valence-electron chi connectivity index (χ3n) is 6.30. The van der Waals surface area contributed by atoms with Crippen LogP contribution < -0.4 is 0 Å². The average Bonchev–Trinajstić information content (AvgIpc) is 3.21. The van der Waals surface area contributed by atoms with Crippen LogP contribution in [0.3, 0.4) is 0 Å². The highest BCUT2D eigenvalue weighted by Gasteiger charge is 2.56. The van der Waals surface area contributed by atoms with Gasteiger partial charge in [0.1, 0.15) is 5.76 Å². The van der Waals surface area contributed by atoms with Crippen LogP contribution in [0.5, 0.6) is 0 Å². The van der Waals surface area contributed by atoms with E-state index in [1.807, 2.05) is 13.0 Å². The summed E-state index contributed by atoms with van der Waals surface area (Å²) in [6, 6.07) is 0.398. The molecule has 0 unspecified atom stereocenters. The van der Waals surface area contributed by atoms with Gasteiger partial charge in [-0.1, -0.05) is 12.7 Å². The minimum atomic E-state index is -0.374. The van der Waals surface area contributed by atoms with Gasteiger partial charge in [0.2, 0.25) is 0 Å². The molecular weight excluding hydrogens is 318 g/mol. The van der Waals surface area contributed by atoms with Gasteiger partial charge in [0, 0.05) is 24.3 Å². The third-order valence-corrected chi connectivity index (χ3v) is 6.30. The Morgan fingerprint density at radius 2 is 1.84 bits per heavy atom. The SMILES string of the molecule is C=C(/C=C\C(OC)=C(/C)OC)[C@@]12CCN(C)[C@@H]1CC1(CC2)OCCO1. The van der Waals surface area contributed by atoms with Crippen LogP contribution in [0.1, 0.15) is 32.6 Å². The van der Waals surface area contributed by atoms with Gasteiger partial charge in [-0.3, -0.25) is 0 Å². The number of methoxy groups -OCH3 is 2. The first-order chi connectivity index (χ1) is 12.0. The van der Waals surface area contributed by atoms with Crippen molar-refractivity contribution in [3.8, 4) is 0 Å². The molecule has 2 heterocycles. The first-order valence-electron chi connectivity index (χ1n) is 9.11. The molecule has 2 saturated heterocycles. The van der Waals surface area contributed by atoms with Crippen LogP contribution in [0.2, 0.25) is 0 Å². The molecule has 1 aliphatic carbocycles. The lowest BCUT2D eigenvalue weighted by Gasteiger charge is -2.48. The number of fused-ring (bicyclic) bond motifs is 1. The Balaban J connectivity index is 1.81. The molecule has 5 nitrogen and oxygen atoms in total. The number of rotatable bonds is 5. The van der Waals surface area contributed by atoms with Crippen molar-refractivity contribution in [2.75, 3.05) is 41.0 Å². The molecular formula is C20H31NO4. The second-order valence-electron chi connectivity index (χ2n) is 7.40. The molecule has 25 heavy (non-hydrogen) atoms. The minimum absolute atomic E-state index is 0.0889. The molecule has 0 aromatic heterocycles. The van der Waals surface area contributed by atoms with Crippen molar-refractivity contribution in [3.05, 3.63) is 35.8 Å². The maximum Gasteiger partial charge on any atom is 0.170 e. The van der Waals surface area contributed by atoms with E-state index in [9.17, 15) is 0 Å². The number of hydrogen-bond donors (Lipinski definition) is 0. The molecule has 0 radical (unpaired) electrons. The zero-order chi connectivity index (χ0) is 18.1. The quantitative estimate of drug-likeness (QED) is 0.563. The Kier molecular flexibility index (Phi) is 5.28. The standard InChI is InChI=1S/C20H31NO4/c1-15(6-7-17(23-5)16(2)22-4)19-8-9-20(24-12-13-25-20)14-18(19)21(3)11-10-19/h6-7,18H,1,8-14H2,2-5H3/b7-6-,17-16-/t18-,19-/m1/s1. The largest absolute Gasteiger partial charge is 0.498 e. The normalized spacial score (nSPS) is 32.7. The van der Waals surface area contributed by atoms with E-state index in [1.54, 1.807) is 14.2 Å². The van der Waals surface area contributed by atoms with Crippen molar-refractivity contribution in [2.24, 2.45) is 5.41 Å². The summed E-state index contributed by atoms with van der Waals surface area (Å²) >= 11 is 0. The zero-order valence-electron chi connectivity index (χ0n) is 16.0. The number of allylic oxidation sites excluding steroid dienone is 3. The Hall–Kier alpha value is -1.30. The highest BCUT2D eigenvalue weighted by Crippen LogP contribution is 2.55. The van der Waals surface area contributed by atoms with E-state index in [0.717, 1.165) is 49.3 Å². The Labute approximate surface area is 151 Å². The van der Waals surface area contributed by atoms with Crippen molar-refractivity contribution >= 4 is 0 Å². The summed E-state index contributed by atoms with van der Waals surface area (Å²) in [4.78, 5) is 2.44. The molecule has 0 aromatic carbocycles. The fourth-order valence-corrected chi connectivity index (χ4v) is 4.64. The maximum absolute atomic E-state index is 5.98. The van der Waals surface area contributed by atoms with Gasteiger partial charge < -0.3 is 23.8 Å². The van der Waals surface area contributed by atoms with Crippen LogP contribution >= 0.6 is 0 Å². The molecule has 5 heteroatoms. The van der Waals surface area contributed by atoms with E-state index in [0.29, 0.717) is 19.3 Å². The summed E-state index contributed by atoms with van der Waals surface area (Å²) in [5.74, 6) is 1.12. The van der Waals surface area contributed by atoms with Crippen molar-refractivity contribution in [3.63, 3.8) is 0 Å². The van der Waals surface area contributed by atoms with Gasteiger partial charge in [-0.05, 0) is 45.0 Å². The van der Waals surface area contributed by atoms with Crippen LogP contribution in [0.15, 0.2) is 35.8 Å². The van der Waals surface area contributed by atoms with E-state index in [-0.39, 0.29) is 11.2 Å². The number of ether oxygens (including phenoxy) is 4. The lowest BCUT2D eigenvalue weighted by atomic mass is 9.64. The van der Waals surface area contributed by atoms with Gasteiger partial charge in [0.25, 0.3) is 0 Å². The first-order valence-corrected chi connectivity index (χ1v) is 9.11. The summed E-state index contributed by atoms with van der Waals surface area (Å²) in [6.07, 6.45) is 8.10. The second-order valence-corrected chi connectivity index (χ2v) is 7.40. The molecule has 2 aliphatic heterocycles. The van der Waals surface area contributed by atoms with E-state index in [1.165, 1.54) is 0 Å². The lowest BCUT2D eigenvalue weighted by molar-refractivity contribution is -0.198. The van der Waals surface area contributed by atoms with Crippen molar-refractivity contribution in [1.29, 1.82) is 0 Å². The van der Waals surface area contributed by atoms with Gasteiger partial charge in [-0.2, -0.15) is 0 Å². The molecule has 0 bridgehead atoms. The summed E-state index contributed by atoms with van der Waals surface area (Å²) in [5.41, 5.74) is 1.25.